The summed E-state index contributed by atoms with van der Waals surface area (Å²) in [6.07, 6.45) is 0.637. The van der Waals surface area contributed by atoms with Gasteiger partial charge in [0.1, 0.15) is 21.8 Å². The largest absolute Gasteiger partial charge is 0.396 e. The maximum Gasteiger partial charge on any atom is 0.253 e. The number of anilines is 2. The summed E-state index contributed by atoms with van der Waals surface area (Å²) in [4.78, 5) is 11.7. The molecule has 0 aliphatic rings. The number of nitriles is 1. The standard InChI is InChI=1S/C14H13FN4OS/c15-9-3-1-8(2-4-9)5-6-19-14-11(13(18)20)12(17)10(7-16)21-14/h1-4,19H,5-6,17H2,(H2,18,20). The monoisotopic (exact) mass is 304 g/mol. The van der Waals surface area contributed by atoms with Crippen LogP contribution in [0.5, 0.6) is 0 Å². The van der Waals surface area contributed by atoms with E-state index in [0.717, 1.165) is 16.9 Å². The first-order chi connectivity index (χ1) is 10.0. The molecule has 0 fully saturated rings. The number of nitrogens with one attached hydrogen (secondary N) is 1. The first-order valence-electron chi connectivity index (χ1n) is 6.13. The molecule has 0 atom stereocenters. The first-order valence-corrected chi connectivity index (χ1v) is 6.95. The number of primary amides is 1. The van der Waals surface area contributed by atoms with Gasteiger partial charge in [-0.2, -0.15) is 5.26 Å². The van der Waals surface area contributed by atoms with E-state index in [1.165, 1.54) is 12.1 Å². The number of nitrogen functional groups attached to an aromatic ring is 1. The van der Waals surface area contributed by atoms with Crippen LogP contribution in [0.4, 0.5) is 15.1 Å². The minimum atomic E-state index is -0.672. The van der Waals surface area contributed by atoms with Crippen molar-refractivity contribution in [3.05, 3.63) is 46.1 Å². The molecule has 0 saturated heterocycles. The van der Waals surface area contributed by atoms with Crippen molar-refractivity contribution in [1.29, 1.82) is 5.26 Å². The lowest BCUT2D eigenvalue weighted by atomic mass is 10.1. The van der Waals surface area contributed by atoms with Crippen molar-refractivity contribution in [2.45, 2.75) is 6.42 Å². The number of carbonyl (C=O) groups excluding carboxylic acids is 1. The fourth-order valence-electron chi connectivity index (χ4n) is 1.87. The van der Waals surface area contributed by atoms with E-state index in [1.807, 2.05) is 6.07 Å². The highest BCUT2D eigenvalue weighted by atomic mass is 32.1. The third kappa shape index (κ3) is 3.30. The maximum atomic E-state index is 12.8. The molecule has 0 bridgehead atoms. The van der Waals surface area contributed by atoms with E-state index in [-0.39, 0.29) is 21.9 Å². The second-order valence-corrected chi connectivity index (χ2v) is 5.35. The first kappa shape index (κ1) is 14.8. The molecule has 1 heterocycles. The lowest BCUT2D eigenvalue weighted by Crippen LogP contribution is -2.15. The van der Waals surface area contributed by atoms with Gasteiger partial charge in [-0.1, -0.05) is 12.1 Å². The maximum absolute atomic E-state index is 12.8. The summed E-state index contributed by atoms with van der Waals surface area (Å²) in [7, 11) is 0. The van der Waals surface area contributed by atoms with Crippen LogP contribution in [0.2, 0.25) is 0 Å². The Hall–Kier alpha value is -2.59. The van der Waals surface area contributed by atoms with Gasteiger partial charge in [0, 0.05) is 6.54 Å². The van der Waals surface area contributed by atoms with E-state index in [2.05, 4.69) is 5.32 Å². The molecule has 1 aromatic carbocycles. The minimum absolute atomic E-state index is 0.110. The minimum Gasteiger partial charge on any atom is -0.396 e. The Kier molecular flexibility index (Phi) is 4.40. The number of hydrogen-bond acceptors (Lipinski definition) is 5. The number of thiophene rings is 1. The predicted molar refractivity (Wildman–Crippen MR) is 80.6 cm³/mol. The highest BCUT2D eigenvalue weighted by Crippen LogP contribution is 2.34. The summed E-state index contributed by atoms with van der Waals surface area (Å²) in [5.74, 6) is -0.957. The summed E-state index contributed by atoms with van der Waals surface area (Å²) in [6.45, 7) is 0.511. The molecule has 0 aliphatic carbocycles. The van der Waals surface area contributed by atoms with Crippen LogP contribution < -0.4 is 16.8 Å². The lowest BCUT2D eigenvalue weighted by molar-refractivity contribution is 0.100. The van der Waals surface area contributed by atoms with Gasteiger partial charge in [-0.3, -0.25) is 4.79 Å². The van der Waals surface area contributed by atoms with Crippen molar-refractivity contribution in [2.24, 2.45) is 5.73 Å². The molecule has 5 N–H and O–H groups in total. The SMILES string of the molecule is N#Cc1sc(NCCc2ccc(F)cc2)c(C(N)=O)c1N. The third-order valence-electron chi connectivity index (χ3n) is 2.91. The molecule has 2 rings (SSSR count). The highest BCUT2D eigenvalue weighted by Gasteiger charge is 2.19. The number of carbonyl (C=O) groups is 1. The van der Waals surface area contributed by atoms with Gasteiger partial charge < -0.3 is 16.8 Å². The predicted octanol–water partition coefficient (Wildman–Crippen LogP) is 2.09. The van der Waals surface area contributed by atoms with E-state index < -0.39 is 5.91 Å². The second kappa shape index (κ2) is 6.24. The van der Waals surface area contributed by atoms with E-state index in [1.54, 1.807) is 12.1 Å². The Morgan fingerprint density at radius 1 is 1.38 bits per heavy atom. The molecule has 21 heavy (non-hydrogen) atoms. The number of hydrogen-bond donors (Lipinski definition) is 3. The summed E-state index contributed by atoms with van der Waals surface area (Å²) in [6, 6.07) is 8.09. The highest BCUT2D eigenvalue weighted by molar-refractivity contribution is 7.17. The summed E-state index contributed by atoms with van der Waals surface area (Å²) >= 11 is 1.09. The zero-order valence-corrected chi connectivity index (χ0v) is 11.8. The zero-order chi connectivity index (χ0) is 15.4. The van der Waals surface area contributed by atoms with E-state index >= 15 is 0 Å². The molecule has 5 nitrogen and oxygen atoms in total. The molecule has 0 saturated carbocycles. The molecule has 2 aromatic rings. The van der Waals surface area contributed by atoms with Crippen molar-refractivity contribution >= 4 is 27.9 Å². The molecule has 1 aromatic heterocycles. The van der Waals surface area contributed by atoms with Gasteiger partial charge in [-0.25, -0.2) is 4.39 Å². The molecular weight excluding hydrogens is 291 g/mol. The van der Waals surface area contributed by atoms with Gasteiger partial charge in [0.05, 0.1) is 11.3 Å². The van der Waals surface area contributed by atoms with Crippen molar-refractivity contribution in [1.82, 2.24) is 0 Å². The van der Waals surface area contributed by atoms with Crippen LogP contribution >= 0.6 is 11.3 Å². The van der Waals surface area contributed by atoms with Crippen molar-refractivity contribution in [2.75, 3.05) is 17.6 Å². The fraction of sp³-hybridized carbons (Fsp3) is 0.143. The molecule has 1 amide bonds. The fourth-order valence-corrected chi connectivity index (χ4v) is 2.82. The average molecular weight is 304 g/mol. The topological polar surface area (TPSA) is 105 Å². The van der Waals surface area contributed by atoms with Crippen LogP contribution in [-0.4, -0.2) is 12.5 Å². The van der Waals surface area contributed by atoms with Gasteiger partial charge in [-0.05, 0) is 24.1 Å². The molecule has 0 spiro atoms. The van der Waals surface area contributed by atoms with Gasteiger partial charge in [0.15, 0.2) is 0 Å². The van der Waals surface area contributed by atoms with Crippen LogP contribution in [0.3, 0.4) is 0 Å². The summed E-state index contributed by atoms with van der Waals surface area (Å²) in [5.41, 5.74) is 12.2. The van der Waals surface area contributed by atoms with Crippen LogP contribution in [0.1, 0.15) is 20.8 Å². The molecular formula is C14H13FN4OS. The molecule has 0 aliphatic heterocycles. The van der Waals surface area contributed by atoms with Gasteiger partial charge in [0.2, 0.25) is 0 Å². The number of benzene rings is 1. The number of nitrogens with two attached hydrogens (primary N) is 2. The zero-order valence-electron chi connectivity index (χ0n) is 11.0. The number of nitrogens with zero attached hydrogens (tertiary/aromatic N) is 1. The quantitative estimate of drug-likeness (QED) is 0.786. The normalized spacial score (nSPS) is 10.1. The Balaban J connectivity index is 2.08. The summed E-state index contributed by atoms with van der Waals surface area (Å²) in [5, 5.41) is 12.5. The Bertz CT molecular complexity index is 703. The smallest absolute Gasteiger partial charge is 0.253 e. The van der Waals surface area contributed by atoms with E-state index in [9.17, 15) is 9.18 Å². The van der Waals surface area contributed by atoms with Gasteiger partial charge in [-0.15, -0.1) is 11.3 Å². The average Bonchev–Trinajstić information content (AvgIpc) is 2.77. The number of amides is 1. The molecule has 7 heteroatoms. The van der Waals surface area contributed by atoms with Crippen LogP contribution in [0.15, 0.2) is 24.3 Å². The second-order valence-electron chi connectivity index (χ2n) is 4.33. The van der Waals surface area contributed by atoms with E-state index in [4.69, 9.17) is 16.7 Å². The third-order valence-corrected chi connectivity index (χ3v) is 3.97. The molecule has 0 radical (unpaired) electrons. The number of halogens is 1. The van der Waals surface area contributed by atoms with Gasteiger partial charge >= 0.3 is 0 Å². The summed E-state index contributed by atoms with van der Waals surface area (Å²) < 4.78 is 12.8. The van der Waals surface area contributed by atoms with Crippen LogP contribution in [0, 0.1) is 17.1 Å². The number of rotatable bonds is 5. The Morgan fingerprint density at radius 3 is 2.62 bits per heavy atom. The lowest BCUT2D eigenvalue weighted by Gasteiger charge is -2.06. The van der Waals surface area contributed by atoms with Gasteiger partial charge in [0.25, 0.3) is 5.91 Å². The van der Waals surface area contributed by atoms with Crippen LogP contribution in [0.25, 0.3) is 0 Å². The molecule has 0 unspecified atom stereocenters. The van der Waals surface area contributed by atoms with Crippen LogP contribution in [-0.2, 0) is 6.42 Å². The van der Waals surface area contributed by atoms with Crippen molar-refractivity contribution in [3.8, 4) is 6.07 Å². The molecule has 108 valence electrons. The van der Waals surface area contributed by atoms with Crippen molar-refractivity contribution in [3.63, 3.8) is 0 Å². The Morgan fingerprint density at radius 2 is 2.05 bits per heavy atom. The van der Waals surface area contributed by atoms with Crippen molar-refractivity contribution < 1.29 is 9.18 Å². The Labute approximate surface area is 125 Å². The van der Waals surface area contributed by atoms with E-state index in [0.29, 0.717) is 18.0 Å².